The fraction of sp³-hybridized carbons (Fsp3) is 0.561. The third-order valence-corrected chi connectivity index (χ3v) is 17.7. The minimum atomic E-state index is -3.26. The van der Waals surface area contributed by atoms with Gasteiger partial charge in [0, 0.05) is 5.92 Å². The lowest BCUT2D eigenvalue weighted by Gasteiger charge is -2.70. The number of hydrogen-bond donors (Lipinski definition) is 2. The Bertz CT molecular complexity index is 1560. The van der Waals surface area contributed by atoms with Crippen LogP contribution in [-0.4, -0.2) is 81.2 Å². The maximum absolute atomic E-state index is 13.1. The summed E-state index contributed by atoms with van der Waals surface area (Å²) in [6, 6.07) is 31.0. The van der Waals surface area contributed by atoms with Crippen molar-refractivity contribution in [2.45, 2.75) is 108 Å². The van der Waals surface area contributed by atoms with E-state index in [9.17, 15) is 4.80 Å². The van der Waals surface area contributed by atoms with E-state index in [0.717, 1.165) is 16.8 Å². The Labute approximate surface area is 293 Å². The largest absolute Gasteiger partial charge is 0.424 e. The molecule has 0 bridgehead atoms. The Morgan fingerprint density at radius 2 is 1.31 bits per heavy atom. The molecule has 7 rings (SSSR count). The summed E-state index contributed by atoms with van der Waals surface area (Å²) in [7, 11) is -3.26. The molecule has 8 heteroatoms. The molecule has 0 aliphatic carbocycles. The predicted molar refractivity (Wildman–Crippen MR) is 195 cm³/mol. The van der Waals surface area contributed by atoms with Crippen molar-refractivity contribution in [1.82, 2.24) is 0 Å². The van der Waals surface area contributed by atoms with Crippen molar-refractivity contribution in [3.05, 3.63) is 96.6 Å². The Morgan fingerprint density at radius 3 is 1.76 bits per heavy atom. The summed E-state index contributed by atoms with van der Waals surface area (Å²) >= 11 is 0. The zero-order chi connectivity index (χ0) is 34.9. The van der Waals surface area contributed by atoms with E-state index >= 15 is 0 Å². The lowest BCUT2D eigenvalue weighted by Crippen LogP contribution is -2.81. The summed E-state index contributed by atoms with van der Waals surface area (Å²) in [5.74, 6) is 0.0231. The standard InChI is InChI=1S/C41H55NO6Si/c1-28-40(26-45-28)36(48-38(40,4)5)33(42)24-44-25-34-41(27-46-34)35(47-39(41,6)7)32(29-17-11-8-12-18-29)23-37(2,3)49(43,30-19-13-9-14-20-30)31-21-15-10-16-22-31/h8-22,28,32-36,43H,23-27,42H2,1-7H3/t28-,32+,33+,34+,35+,36+,40?,41+/m1/s1. The van der Waals surface area contributed by atoms with Crippen molar-refractivity contribution in [2.75, 3.05) is 26.4 Å². The van der Waals surface area contributed by atoms with Crippen molar-refractivity contribution in [3.63, 3.8) is 0 Å². The molecule has 4 aliphatic rings. The molecule has 0 amide bonds. The monoisotopic (exact) mass is 685 g/mol. The average Bonchev–Trinajstić information content (AvgIpc) is 3.06. The van der Waals surface area contributed by atoms with Crippen LogP contribution in [0, 0.1) is 10.8 Å². The summed E-state index contributed by atoms with van der Waals surface area (Å²) < 4.78 is 31.8. The lowest BCUT2D eigenvalue weighted by molar-refractivity contribution is -0.418. The number of ether oxygens (including phenoxy) is 5. The van der Waals surface area contributed by atoms with Gasteiger partial charge < -0.3 is 34.2 Å². The topological polar surface area (TPSA) is 92.4 Å². The van der Waals surface area contributed by atoms with Crippen LogP contribution in [0.15, 0.2) is 91.0 Å². The maximum atomic E-state index is 13.1. The smallest absolute Gasteiger partial charge is 0.258 e. The van der Waals surface area contributed by atoms with Crippen molar-refractivity contribution in [2.24, 2.45) is 16.6 Å². The van der Waals surface area contributed by atoms with E-state index in [4.69, 9.17) is 29.4 Å². The zero-order valence-corrected chi connectivity index (χ0v) is 31.2. The summed E-state index contributed by atoms with van der Waals surface area (Å²) in [5.41, 5.74) is 6.96. The summed E-state index contributed by atoms with van der Waals surface area (Å²) in [6.07, 6.45) is 0.503. The molecule has 0 saturated carbocycles. The van der Waals surface area contributed by atoms with Crippen molar-refractivity contribution in [1.29, 1.82) is 0 Å². The van der Waals surface area contributed by atoms with Crippen LogP contribution < -0.4 is 16.1 Å². The van der Waals surface area contributed by atoms with E-state index in [2.05, 4.69) is 103 Å². The number of benzene rings is 3. The first-order valence-corrected chi connectivity index (χ1v) is 20.0. The van der Waals surface area contributed by atoms with Gasteiger partial charge in [0.05, 0.1) is 78.9 Å². The van der Waals surface area contributed by atoms with Gasteiger partial charge in [0.2, 0.25) is 0 Å². The van der Waals surface area contributed by atoms with Gasteiger partial charge in [-0.2, -0.15) is 0 Å². The Kier molecular flexibility index (Phi) is 8.85. The van der Waals surface area contributed by atoms with Gasteiger partial charge >= 0.3 is 0 Å². The Balaban J connectivity index is 1.14. The number of nitrogens with two attached hydrogens (primary N) is 1. The molecular weight excluding hydrogens is 631 g/mol. The van der Waals surface area contributed by atoms with Gasteiger partial charge in [-0.05, 0) is 62.0 Å². The quantitative estimate of drug-likeness (QED) is 0.254. The van der Waals surface area contributed by atoms with Gasteiger partial charge in [-0.25, -0.2) is 0 Å². The second-order valence-electron chi connectivity index (χ2n) is 16.7. The van der Waals surface area contributed by atoms with Crippen LogP contribution >= 0.6 is 0 Å². The van der Waals surface area contributed by atoms with Crippen LogP contribution in [0.3, 0.4) is 0 Å². The van der Waals surface area contributed by atoms with Crippen molar-refractivity contribution < 1.29 is 28.5 Å². The molecule has 49 heavy (non-hydrogen) atoms. The second kappa shape index (κ2) is 12.4. The highest BCUT2D eigenvalue weighted by atomic mass is 28.4. The second-order valence-corrected chi connectivity index (χ2v) is 20.6. The average molecular weight is 686 g/mol. The van der Waals surface area contributed by atoms with Crippen molar-refractivity contribution >= 4 is 18.7 Å². The molecule has 3 N–H and O–H groups in total. The molecular formula is C41H55NO6Si. The minimum absolute atomic E-state index is 0.0231. The van der Waals surface area contributed by atoms with E-state index in [1.165, 1.54) is 5.56 Å². The maximum Gasteiger partial charge on any atom is 0.258 e. The number of rotatable bonds is 12. The predicted octanol–water partition coefficient (Wildman–Crippen LogP) is 5.18. The minimum Gasteiger partial charge on any atom is -0.424 e. The van der Waals surface area contributed by atoms with Crippen molar-refractivity contribution in [3.8, 4) is 0 Å². The van der Waals surface area contributed by atoms with E-state index in [1.807, 2.05) is 36.4 Å². The van der Waals surface area contributed by atoms with Gasteiger partial charge in [-0.3, -0.25) is 0 Å². The molecule has 4 aliphatic heterocycles. The van der Waals surface area contributed by atoms with E-state index in [0.29, 0.717) is 26.4 Å². The summed E-state index contributed by atoms with van der Waals surface area (Å²) in [4.78, 5) is 13.1. The first-order chi connectivity index (χ1) is 23.2. The molecule has 3 aromatic rings. The summed E-state index contributed by atoms with van der Waals surface area (Å²) in [5, 5.41) is 1.57. The first kappa shape index (κ1) is 35.0. The zero-order valence-electron chi connectivity index (χ0n) is 30.2. The molecule has 0 aromatic heterocycles. The molecule has 4 saturated heterocycles. The lowest BCUT2D eigenvalue weighted by atomic mass is 9.54. The highest BCUT2D eigenvalue weighted by Crippen LogP contribution is 2.64. The van der Waals surface area contributed by atoms with Crippen LogP contribution in [0.1, 0.15) is 66.4 Å². The molecule has 0 radical (unpaired) electrons. The van der Waals surface area contributed by atoms with Gasteiger partial charge in [0.1, 0.15) is 0 Å². The molecule has 3 aromatic carbocycles. The molecule has 2 spiro atoms. The van der Waals surface area contributed by atoms with Gasteiger partial charge in [-0.15, -0.1) is 0 Å². The fourth-order valence-corrected chi connectivity index (χ4v) is 13.6. The van der Waals surface area contributed by atoms with E-state index < -0.39 is 19.0 Å². The molecule has 7 nitrogen and oxygen atoms in total. The highest BCUT2D eigenvalue weighted by Gasteiger charge is 2.74. The van der Waals surface area contributed by atoms with E-state index in [1.54, 1.807) is 0 Å². The first-order valence-electron chi connectivity index (χ1n) is 18.0. The van der Waals surface area contributed by atoms with Crippen LogP contribution in [-0.2, 0) is 23.7 Å². The van der Waals surface area contributed by atoms with Crippen LogP contribution in [0.4, 0.5) is 0 Å². The van der Waals surface area contributed by atoms with Crippen LogP contribution in [0.2, 0.25) is 5.04 Å². The summed E-state index contributed by atoms with van der Waals surface area (Å²) in [6.45, 7) is 17.3. The Hall–Kier alpha value is -2.40. The molecule has 4 heterocycles. The third kappa shape index (κ3) is 5.16. The van der Waals surface area contributed by atoms with Crippen LogP contribution in [0.5, 0.6) is 0 Å². The fourth-order valence-electron chi connectivity index (χ4n) is 9.86. The van der Waals surface area contributed by atoms with E-state index in [-0.39, 0.29) is 52.8 Å². The third-order valence-electron chi connectivity index (χ3n) is 13.2. The van der Waals surface area contributed by atoms with Gasteiger partial charge in [0.15, 0.2) is 0 Å². The van der Waals surface area contributed by atoms with Gasteiger partial charge in [-0.1, -0.05) is 105 Å². The van der Waals surface area contributed by atoms with Crippen LogP contribution in [0.25, 0.3) is 0 Å². The molecule has 4 fully saturated rings. The molecule has 264 valence electrons. The molecule has 8 atom stereocenters. The Morgan fingerprint density at radius 1 is 0.796 bits per heavy atom. The normalized spacial score (nSPS) is 32.8. The molecule has 1 unspecified atom stereocenters. The SMILES string of the molecule is C[C@H]1OCC12[C@H]([C@@H](N)COC[C@@H]1OC[C@@]13[C@H]([C@@H](CC(C)(C)[Si](O)(c1ccccc1)c1ccccc1)c1ccccc1)OC3(C)C)OC2(C)C. The highest BCUT2D eigenvalue weighted by molar-refractivity contribution is 6.98. The van der Waals surface area contributed by atoms with Gasteiger partial charge in [0.25, 0.3) is 8.32 Å². The number of hydrogen-bond acceptors (Lipinski definition) is 7.